The molecule has 0 saturated heterocycles. The molecule has 0 aliphatic carbocycles. The van der Waals surface area contributed by atoms with E-state index in [9.17, 15) is 14.0 Å². The number of carbonyl (C=O) groups excluding carboxylic acids is 2. The third-order valence-corrected chi connectivity index (χ3v) is 3.31. The van der Waals surface area contributed by atoms with Gasteiger partial charge in [-0.1, -0.05) is 36.8 Å². The number of carbonyl (C=O) groups is 2. The summed E-state index contributed by atoms with van der Waals surface area (Å²) in [6, 6.07) is 6.98. The highest BCUT2D eigenvalue weighted by atomic mass is 19.1. The third-order valence-electron chi connectivity index (χ3n) is 3.31. The highest BCUT2D eigenvalue weighted by molar-refractivity contribution is 5.86. The zero-order valence-corrected chi connectivity index (χ0v) is 13.3. The summed E-state index contributed by atoms with van der Waals surface area (Å²) in [6.07, 6.45) is 0. The fourth-order valence-corrected chi connectivity index (χ4v) is 1.98. The monoisotopic (exact) mass is 309 g/mol. The predicted octanol–water partition coefficient (Wildman–Crippen LogP) is 1.87. The minimum Gasteiger partial charge on any atom is -0.352 e. The minimum atomic E-state index is -0.708. The van der Waals surface area contributed by atoms with Crippen LogP contribution in [0.25, 0.3) is 0 Å². The van der Waals surface area contributed by atoms with Gasteiger partial charge >= 0.3 is 6.03 Å². The molecule has 0 bridgehead atoms. The van der Waals surface area contributed by atoms with Crippen LogP contribution in [0.2, 0.25) is 0 Å². The second kappa shape index (κ2) is 9.02. The molecule has 0 aliphatic heterocycles. The van der Waals surface area contributed by atoms with E-state index in [0.717, 1.165) is 5.56 Å². The molecule has 0 unspecified atom stereocenters. The summed E-state index contributed by atoms with van der Waals surface area (Å²) >= 11 is 0. The molecular formula is C16H24FN3O2. The second-order valence-electron chi connectivity index (χ2n) is 5.37. The first kappa shape index (κ1) is 17.9. The molecule has 1 aromatic rings. The van der Waals surface area contributed by atoms with E-state index in [1.807, 2.05) is 32.0 Å². The number of aryl methyl sites for hydroxylation is 1. The molecule has 0 aromatic heterocycles. The van der Waals surface area contributed by atoms with E-state index in [1.54, 1.807) is 6.92 Å². The quantitative estimate of drug-likeness (QED) is 0.719. The van der Waals surface area contributed by atoms with E-state index >= 15 is 0 Å². The SMILES string of the molecule is Cc1cccc([C@H](C)CNC(=O)N[C@@H](C)C(=O)NCCF)c1. The van der Waals surface area contributed by atoms with Crippen LogP contribution in [0.1, 0.15) is 30.9 Å². The van der Waals surface area contributed by atoms with Crippen molar-refractivity contribution in [2.75, 3.05) is 19.8 Å². The molecule has 0 fully saturated rings. The van der Waals surface area contributed by atoms with Crippen molar-refractivity contribution in [2.45, 2.75) is 32.7 Å². The van der Waals surface area contributed by atoms with E-state index in [0.29, 0.717) is 6.54 Å². The molecule has 2 atom stereocenters. The number of alkyl halides is 1. The lowest BCUT2D eigenvalue weighted by Gasteiger charge is -2.17. The number of rotatable bonds is 7. The largest absolute Gasteiger partial charge is 0.352 e. The van der Waals surface area contributed by atoms with Gasteiger partial charge in [-0.15, -0.1) is 0 Å². The topological polar surface area (TPSA) is 70.2 Å². The Kier molecular flexibility index (Phi) is 7.36. The van der Waals surface area contributed by atoms with Crippen LogP contribution >= 0.6 is 0 Å². The zero-order chi connectivity index (χ0) is 16.5. The van der Waals surface area contributed by atoms with Gasteiger partial charge in [0.15, 0.2) is 0 Å². The van der Waals surface area contributed by atoms with Crippen molar-refractivity contribution in [3.05, 3.63) is 35.4 Å². The standard InChI is InChI=1S/C16H24FN3O2/c1-11-5-4-6-14(9-11)12(2)10-19-16(22)20-13(3)15(21)18-8-7-17/h4-6,9,12-13H,7-8,10H2,1-3H3,(H,18,21)(H2,19,20,22)/t12-,13+/m1/s1. The Labute approximate surface area is 130 Å². The smallest absolute Gasteiger partial charge is 0.315 e. The Morgan fingerprint density at radius 1 is 1.23 bits per heavy atom. The summed E-state index contributed by atoms with van der Waals surface area (Å²) < 4.78 is 12.0. The van der Waals surface area contributed by atoms with Gasteiger partial charge in [0.05, 0.1) is 0 Å². The van der Waals surface area contributed by atoms with Gasteiger partial charge in [-0.25, -0.2) is 9.18 Å². The highest BCUT2D eigenvalue weighted by Crippen LogP contribution is 2.15. The molecule has 1 rings (SSSR count). The van der Waals surface area contributed by atoms with E-state index in [-0.39, 0.29) is 12.5 Å². The van der Waals surface area contributed by atoms with Gasteiger partial charge < -0.3 is 16.0 Å². The van der Waals surface area contributed by atoms with Crippen molar-refractivity contribution < 1.29 is 14.0 Å². The Hall–Kier alpha value is -2.11. The van der Waals surface area contributed by atoms with Gasteiger partial charge in [0.25, 0.3) is 0 Å². The molecule has 0 saturated carbocycles. The van der Waals surface area contributed by atoms with Crippen LogP contribution in [0.4, 0.5) is 9.18 Å². The molecule has 0 heterocycles. The fourth-order valence-electron chi connectivity index (χ4n) is 1.98. The third kappa shape index (κ3) is 6.11. The van der Waals surface area contributed by atoms with Crippen molar-refractivity contribution in [1.29, 1.82) is 0 Å². The van der Waals surface area contributed by atoms with Crippen LogP contribution in [0.3, 0.4) is 0 Å². The van der Waals surface area contributed by atoms with Crippen LogP contribution in [-0.2, 0) is 4.79 Å². The molecule has 22 heavy (non-hydrogen) atoms. The number of urea groups is 1. The van der Waals surface area contributed by atoms with E-state index in [4.69, 9.17) is 0 Å². The van der Waals surface area contributed by atoms with Gasteiger partial charge in [0, 0.05) is 13.1 Å². The fraction of sp³-hybridized carbons (Fsp3) is 0.500. The average Bonchev–Trinajstić information content (AvgIpc) is 2.50. The number of amides is 3. The Bertz CT molecular complexity index is 508. The minimum absolute atomic E-state index is 0.0448. The lowest BCUT2D eigenvalue weighted by molar-refractivity contribution is -0.122. The van der Waals surface area contributed by atoms with Crippen molar-refractivity contribution in [3.63, 3.8) is 0 Å². The van der Waals surface area contributed by atoms with Crippen LogP contribution in [-0.4, -0.2) is 37.7 Å². The van der Waals surface area contributed by atoms with Crippen molar-refractivity contribution in [3.8, 4) is 0 Å². The first-order chi connectivity index (χ1) is 10.4. The summed E-state index contributed by atoms with van der Waals surface area (Å²) in [5.74, 6) is -0.235. The van der Waals surface area contributed by atoms with E-state index in [2.05, 4.69) is 22.0 Å². The predicted molar refractivity (Wildman–Crippen MR) is 84.6 cm³/mol. The zero-order valence-electron chi connectivity index (χ0n) is 13.3. The molecule has 6 heteroatoms. The first-order valence-corrected chi connectivity index (χ1v) is 7.38. The molecule has 0 aliphatic rings. The Morgan fingerprint density at radius 2 is 1.95 bits per heavy atom. The number of nitrogens with one attached hydrogen (secondary N) is 3. The van der Waals surface area contributed by atoms with E-state index < -0.39 is 24.7 Å². The second-order valence-corrected chi connectivity index (χ2v) is 5.37. The molecule has 122 valence electrons. The van der Waals surface area contributed by atoms with Crippen molar-refractivity contribution in [2.24, 2.45) is 0 Å². The first-order valence-electron chi connectivity index (χ1n) is 7.38. The number of halogens is 1. The number of benzene rings is 1. The molecule has 3 amide bonds. The maximum atomic E-state index is 12.0. The van der Waals surface area contributed by atoms with E-state index in [1.165, 1.54) is 5.56 Å². The Balaban J connectivity index is 2.37. The molecule has 1 aromatic carbocycles. The van der Waals surface area contributed by atoms with Gasteiger partial charge in [-0.05, 0) is 25.3 Å². The van der Waals surface area contributed by atoms with Crippen LogP contribution in [0.5, 0.6) is 0 Å². The van der Waals surface area contributed by atoms with Gasteiger partial charge in [0.2, 0.25) is 5.91 Å². The molecule has 3 N–H and O–H groups in total. The molecule has 0 spiro atoms. The highest BCUT2D eigenvalue weighted by Gasteiger charge is 2.15. The van der Waals surface area contributed by atoms with Crippen molar-refractivity contribution >= 4 is 11.9 Å². The number of hydrogen-bond donors (Lipinski definition) is 3. The molecule has 5 nitrogen and oxygen atoms in total. The lowest BCUT2D eigenvalue weighted by atomic mass is 9.99. The summed E-state index contributed by atoms with van der Waals surface area (Å²) in [7, 11) is 0. The van der Waals surface area contributed by atoms with Gasteiger partial charge in [-0.2, -0.15) is 0 Å². The maximum Gasteiger partial charge on any atom is 0.315 e. The summed E-state index contributed by atoms with van der Waals surface area (Å²) in [5, 5.41) is 7.64. The number of hydrogen-bond acceptors (Lipinski definition) is 2. The molecular weight excluding hydrogens is 285 g/mol. The Morgan fingerprint density at radius 3 is 2.59 bits per heavy atom. The average molecular weight is 309 g/mol. The van der Waals surface area contributed by atoms with Crippen molar-refractivity contribution in [1.82, 2.24) is 16.0 Å². The summed E-state index contributed by atoms with van der Waals surface area (Å²) in [5.41, 5.74) is 2.32. The maximum absolute atomic E-state index is 12.0. The normalized spacial score (nSPS) is 13.1. The van der Waals surface area contributed by atoms with Crippen LogP contribution in [0.15, 0.2) is 24.3 Å². The van der Waals surface area contributed by atoms with Crippen LogP contribution in [0, 0.1) is 6.92 Å². The summed E-state index contributed by atoms with van der Waals surface area (Å²) in [6.45, 7) is 5.39. The summed E-state index contributed by atoms with van der Waals surface area (Å²) in [4.78, 5) is 23.3. The van der Waals surface area contributed by atoms with Gasteiger partial charge in [0.1, 0.15) is 12.7 Å². The van der Waals surface area contributed by atoms with Crippen LogP contribution < -0.4 is 16.0 Å². The molecule has 0 radical (unpaired) electrons. The van der Waals surface area contributed by atoms with Gasteiger partial charge in [-0.3, -0.25) is 4.79 Å². The lowest BCUT2D eigenvalue weighted by Crippen LogP contribution is -2.49.